The molecule has 0 radical (unpaired) electrons. The molecular weight excluding hydrogens is 796 g/mol. The number of carbonyl (C=O) groups is 3. The standard InChI is InChI=1S/C43H59BrN4O9/c1-23-21-42(7,53-17-11-12-29-13-14-32-30(19-29)20-31(44)22-46-32)38(56-40-36(50)33(47(9)10)18-24(2)54-40)26(4)35(49)27(5)39(51)55-28(6)43(8)37-25(3)34(23)45-15-16-48(37)41(52)57-43/h11-14,19-20,22-28,33,36-38,40,50H,15-18,21H2,1-10H3/b12-11+/t23-,24+,25+,26+,27-,28-,33-,36?,37-,38-,40-,42+,43-/m1/s1. The van der Waals surface area contributed by atoms with E-state index in [9.17, 15) is 19.5 Å². The van der Waals surface area contributed by atoms with Gasteiger partial charge in [0.1, 0.15) is 18.1 Å². The molecule has 6 rings (SSSR count). The molecule has 3 fully saturated rings. The van der Waals surface area contributed by atoms with E-state index in [1.54, 1.807) is 31.9 Å². The number of rotatable bonds is 7. The van der Waals surface area contributed by atoms with Gasteiger partial charge in [-0.2, -0.15) is 0 Å². The summed E-state index contributed by atoms with van der Waals surface area (Å²) < 4.78 is 33.0. The maximum absolute atomic E-state index is 14.5. The van der Waals surface area contributed by atoms with Crippen LogP contribution in [0.15, 0.2) is 46.0 Å². The fourth-order valence-corrected chi connectivity index (χ4v) is 9.86. The lowest BCUT2D eigenvalue weighted by atomic mass is 9.73. The molecule has 0 saturated carbocycles. The predicted molar refractivity (Wildman–Crippen MR) is 220 cm³/mol. The molecule has 2 bridgehead atoms. The lowest BCUT2D eigenvalue weighted by Gasteiger charge is -2.47. The second kappa shape index (κ2) is 17.1. The van der Waals surface area contributed by atoms with Gasteiger partial charge in [-0.25, -0.2) is 4.79 Å². The van der Waals surface area contributed by atoms with Crippen LogP contribution in [0.25, 0.3) is 17.0 Å². The Morgan fingerprint density at radius 2 is 1.81 bits per heavy atom. The van der Waals surface area contributed by atoms with Gasteiger partial charge < -0.3 is 33.7 Å². The number of ether oxygens (including phenoxy) is 5. The third kappa shape index (κ3) is 8.72. The van der Waals surface area contributed by atoms with Gasteiger partial charge in [-0.15, -0.1) is 0 Å². The summed E-state index contributed by atoms with van der Waals surface area (Å²) in [6.45, 7) is 15.6. The Hall–Kier alpha value is -3.27. The lowest BCUT2D eigenvalue weighted by molar-refractivity contribution is -0.296. The Balaban J connectivity index is 1.41. The van der Waals surface area contributed by atoms with Gasteiger partial charge in [0.15, 0.2) is 17.7 Å². The van der Waals surface area contributed by atoms with Crippen LogP contribution in [0.5, 0.6) is 0 Å². The molecular formula is C43H59BrN4O9. The first kappa shape index (κ1) is 43.3. The highest BCUT2D eigenvalue weighted by Gasteiger charge is 2.60. The SMILES string of the molecule is C[C@H]1C(=O)O[C@H](C)[C@@]2(C)OC(=O)N3CCN=C([C@H](C)C[C@](C)(OC/C=C/c4ccc5ncc(Br)cc5c4)[C@H](O[C@H]4O[C@@H](C)C[C@@H](N(C)C)C4O)[C@@H](C)C1=O)[C@H](C)[C@@H]32. The number of pyridine rings is 1. The second-order valence-electron chi connectivity index (χ2n) is 17.1. The van der Waals surface area contributed by atoms with Crippen LogP contribution in [0.2, 0.25) is 0 Å². The first-order valence-electron chi connectivity index (χ1n) is 20.1. The lowest BCUT2D eigenvalue weighted by Crippen LogP contribution is -2.60. The highest BCUT2D eigenvalue weighted by molar-refractivity contribution is 9.10. The fourth-order valence-electron chi connectivity index (χ4n) is 9.51. The molecule has 1 aromatic carbocycles. The zero-order valence-corrected chi connectivity index (χ0v) is 36.4. The van der Waals surface area contributed by atoms with Crippen molar-refractivity contribution in [2.24, 2.45) is 28.7 Å². The summed E-state index contributed by atoms with van der Waals surface area (Å²) in [5.41, 5.74) is 0.303. The van der Waals surface area contributed by atoms with E-state index in [0.717, 1.165) is 26.7 Å². The summed E-state index contributed by atoms with van der Waals surface area (Å²) in [7, 11) is 3.81. The Morgan fingerprint density at radius 3 is 2.53 bits per heavy atom. The number of Topliss-reactive ketones (excluding diaryl/α,β-unsaturated/α-hetero) is 1. The molecule has 2 aromatic rings. The summed E-state index contributed by atoms with van der Waals surface area (Å²) >= 11 is 3.51. The number of carbonyl (C=O) groups excluding carboxylic acids is 3. The van der Waals surface area contributed by atoms with E-state index in [-0.39, 0.29) is 30.6 Å². The van der Waals surface area contributed by atoms with Gasteiger partial charge in [-0.1, -0.05) is 39.0 Å². The number of hydrogen-bond acceptors (Lipinski definition) is 12. The van der Waals surface area contributed by atoms with Gasteiger partial charge in [0, 0.05) is 46.2 Å². The number of hydrogen-bond donors (Lipinski definition) is 1. The molecule has 14 heteroatoms. The summed E-state index contributed by atoms with van der Waals surface area (Å²) in [5.74, 6) is -3.75. The zero-order chi connectivity index (χ0) is 41.6. The molecule has 0 aliphatic carbocycles. The number of likely N-dealkylation sites (N-methyl/N-ethyl adjacent to an activating group) is 1. The number of nitrogens with zero attached hydrogens (tertiary/aromatic N) is 4. The van der Waals surface area contributed by atoms with Gasteiger partial charge in [0.05, 0.1) is 42.5 Å². The van der Waals surface area contributed by atoms with Crippen LogP contribution >= 0.6 is 15.9 Å². The number of aliphatic hydroxyl groups is 1. The average Bonchev–Trinajstić information content (AvgIpc) is 3.28. The van der Waals surface area contributed by atoms with E-state index in [0.29, 0.717) is 25.9 Å². The molecule has 1 amide bonds. The van der Waals surface area contributed by atoms with Crippen molar-refractivity contribution >= 4 is 56.5 Å². The summed E-state index contributed by atoms with van der Waals surface area (Å²) in [5, 5.41) is 12.7. The van der Waals surface area contributed by atoms with Crippen molar-refractivity contribution in [1.82, 2.24) is 14.8 Å². The minimum Gasteiger partial charge on any atom is -0.458 e. The van der Waals surface area contributed by atoms with Crippen LogP contribution in [0.4, 0.5) is 4.79 Å². The highest BCUT2D eigenvalue weighted by Crippen LogP contribution is 2.43. The zero-order valence-electron chi connectivity index (χ0n) is 34.8. The van der Waals surface area contributed by atoms with Crippen molar-refractivity contribution in [2.75, 3.05) is 33.8 Å². The van der Waals surface area contributed by atoms with Crippen molar-refractivity contribution in [3.63, 3.8) is 0 Å². The molecule has 1 N–H and O–H groups in total. The molecule has 13 nitrogen and oxygen atoms in total. The predicted octanol–water partition coefficient (Wildman–Crippen LogP) is 6.08. The van der Waals surface area contributed by atoms with Gasteiger partial charge in [-0.3, -0.25) is 24.5 Å². The van der Waals surface area contributed by atoms with Crippen LogP contribution < -0.4 is 0 Å². The third-order valence-corrected chi connectivity index (χ3v) is 13.1. The fraction of sp³-hybridized carbons (Fsp3) is 0.651. The van der Waals surface area contributed by atoms with E-state index in [2.05, 4.69) is 27.8 Å². The topological polar surface area (TPSA) is 149 Å². The van der Waals surface area contributed by atoms with Crippen LogP contribution in [0, 0.1) is 23.7 Å². The number of ketones is 1. The highest BCUT2D eigenvalue weighted by atomic mass is 79.9. The van der Waals surface area contributed by atoms with E-state index >= 15 is 0 Å². The largest absolute Gasteiger partial charge is 0.458 e. The van der Waals surface area contributed by atoms with Gasteiger partial charge in [0.25, 0.3) is 0 Å². The Morgan fingerprint density at radius 1 is 1.07 bits per heavy atom. The van der Waals surface area contributed by atoms with Crippen molar-refractivity contribution in [2.45, 2.75) is 122 Å². The van der Waals surface area contributed by atoms with Crippen LogP contribution in [0.3, 0.4) is 0 Å². The second-order valence-corrected chi connectivity index (χ2v) is 18.1. The number of aliphatic hydroxyl groups excluding tert-OH is 1. The van der Waals surface area contributed by atoms with Crippen molar-refractivity contribution in [3.8, 4) is 0 Å². The summed E-state index contributed by atoms with van der Waals surface area (Å²) in [4.78, 5) is 54.9. The smallest absolute Gasteiger partial charge is 0.410 e. The normalized spacial score (nSPS) is 38.2. The Kier molecular flexibility index (Phi) is 13.0. The van der Waals surface area contributed by atoms with Gasteiger partial charge in [0.2, 0.25) is 0 Å². The summed E-state index contributed by atoms with van der Waals surface area (Å²) in [6, 6.07) is 7.27. The van der Waals surface area contributed by atoms with Crippen LogP contribution in [-0.4, -0.2) is 131 Å². The van der Waals surface area contributed by atoms with E-state index < -0.39 is 71.5 Å². The van der Waals surface area contributed by atoms with Crippen LogP contribution in [0.1, 0.15) is 73.8 Å². The third-order valence-electron chi connectivity index (χ3n) is 12.7. The van der Waals surface area contributed by atoms with Crippen molar-refractivity contribution in [3.05, 3.63) is 46.6 Å². The monoisotopic (exact) mass is 854 g/mol. The van der Waals surface area contributed by atoms with E-state index in [1.807, 2.05) is 76.2 Å². The molecule has 1 aromatic heterocycles. The first-order valence-corrected chi connectivity index (χ1v) is 20.9. The minimum atomic E-state index is -1.20. The number of fused-ring (bicyclic) bond motifs is 2. The number of cyclic esters (lactones) is 1. The van der Waals surface area contributed by atoms with Gasteiger partial charge in [-0.05, 0) is 107 Å². The quantitative estimate of drug-likeness (QED) is 0.255. The molecule has 5 heterocycles. The number of halogens is 1. The number of benzene rings is 1. The van der Waals surface area contributed by atoms with Crippen LogP contribution in [-0.2, 0) is 33.3 Å². The molecule has 4 aliphatic heterocycles. The molecule has 3 saturated heterocycles. The maximum atomic E-state index is 14.5. The summed E-state index contributed by atoms with van der Waals surface area (Å²) in [6.07, 6.45) is 1.90. The molecule has 4 aliphatic rings. The number of esters is 1. The molecule has 1 unspecified atom stereocenters. The minimum absolute atomic E-state index is 0.150. The number of aromatic nitrogens is 1. The van der Waals surface area contributed by atoms with Crippen molar-refractivity contribution in [1.29, 1.82) is 0 Å². The van der Waals surface area contributed by atoms with Gasteiger partial charge >= 0.3 is 12.1 Å². The Bertz CT molecular complexity index is 1890. The van der Waals surface area contributed by atoms with Crippen molar-refractivity contribution < 1.29 is 43.2 Å². The van der Waals surface area contributed by atoms with E-state index in [1.165, 1.54) is 6.92 Å². The molecule has 0 spiro atoms. The molecule has 57 heavy (non-hydrogen) atoms. The first-order chi connectivity index (χ1) is 26.8. The molecule has 13 atom stereocenters. The maximum Gasteiger partial charge on any atom is 0.410 e. The van der Waals surface area contributed by atoms with E-state index in [4.69, 9.17) is 28.7 Å². The Labute approximate surface area is 344 Å². The average molecular weight is 856 g/mol. The molecule has 312 valence electrons. The number of aliphatic imine (C=N–C) groups is 1. The number of amides is 1.